The maximum atomic E-state index is 12.8. The van der Waals surface area contributed by atoms with Crippen molar-refractivity contribution in [3.63, 3.8) is 0 Å². The van der Waals surface area contributed by atoms with Gasteiger partial charge in [0.1, 0.15) is 5.78 Å². The maximum Gasteiger partial charge on any atom is 0.139 e. The highest BCUT2D eigenvalue weighted by Crippen LogP contribution is 2.36. The van der Waals surface area contributed by atoms with Crippen molar-refractivity contribution in [2.45, 2.75) is 77.2 Å². The molecule has 132 valence electrons. The van der Waals surface area contributed by atoms with E-state index in [1.165, 1.54) is 45.2 Å². The van der Waals surface area contributed by atoms with Crippen LogP contribution in [-0.2, 0) is 9.53 Å². The molecule has 0 aromatic heterocycles. The fourth-order valence-corrected chi connectivity index (χ4v) is 4.97. The van der Waals surface area contributed by atoms with Crippen LogP contribution in [0.3, 0.4) is 0 Å². The summed E-state index contributed by atoms with van der Waals surface area (Å²) in [7, 11) is 0. The van der Waals surface area contributed by atoms with Gasteiger partial charge in [-0.05, 0) is 64.0 Å². The van der Waals surface area contributed by atoms with Crippen molar-refractivity contribution in [2.24, 2.45) is 17.8 Å². The fourth-order valence-electron chi connectivity index (χ4n) is 4.97. The minimum absolute atomic E-state index is 0.316. The highest BCUT2D eigenvalue weighted by atomic mass is 16.5. The molecule has 0 radical (unpaired) electrons. The molecule has 3 rings (SSSR count). The predicted molar refractivity (Wildman–Crippen MR) is 93.5 cm³/mol. The van der Waals surface area contributed by atoms with Crippen molar-refractivity contribution in [1.82, 2.24) is 4.90 Å². The Morgan fingerprint density at radius 2 is 1.74 bits per heavy atom. The molecule has 2 saturated carbocycles. The molecule has 23 heavy (non-hydrogen) atoms. The van der Waals surface area contributed by atoms with Gasteiger partial charge in [0, 0.05) is 18.4 Å². The molecular formula is C20H35NO2. The van der Waals surface area contributed by atoms with Crippen LogP contribution in [0.4, 0.5) is 0 Å². The van der Waals surface area contributed by atoms with Gasteiger partial charge in [-0.2, -0.15) is 0 Å². The summed E-state index contributed by atoms with van der Waals surface area (Å²) in [6.45, 7) is 6.75. The smallest absolute Gasteiger partial charge is 0.139 e. The lowest BCUT2D eigenvalue weighted by Crippen LogP contribution is -2.37. The number of ether oxygens (including phenoxy) is 1. The van der Waals surface area contributed by atoms with Gasteiger partial charge in [-0.15, -0.1) is 0 Å². The van der Waals surface area contributed by atoms with Crippen LogP contribution >= 0.6 is 0 Å². The van der Waals surface area contributed by atoms with E-state index >= 15 is 0 Å². The number of carbonyl (C=O) groups excluding carboxylic acids is 1. The lowest BCUT2D eigenvalue weighted by Gasteiger charge is -2.36. The number of rotatable bonds is 6. The third-order valence-electron chi connectivity index (χ3n) is 6.45. The summed E-state index contributed by atoms with van der Waals surface area (Å²) < 4.78 is 6.14. The van der Waals surface area contributed by atoms with E-state index in [-0.39, 0.29) is 0 Å². The topological polar surface area (TPSA) is 29.5 Å². The number of ketones is 1. The lowest BCUT2D eigenvalue weighted by atomic mass is 9.71. The summed E-state index contributed by atoms with van der Waals surface area (Å²) in [4.78, 5) is 15.3. The van der Waals surface area contributed by atoms with E-state index in [2.05, 4.69) is 11.8 Å². The molecule has 0 bridgehead atoms. The van der Waals surface area contributed by atoms with Crippen molar-refractivity contribution < 1.29 is 9.53 Å². The quantitative estimate of drug-likeness (QED) is 0.739. The zero-order chi connectivity index (χ0) is 16.1. The third-order valence-corrected chi connectivity index (χ3v) is 6.45. The van der Waals surface area contributed by atoms with Gasteiger partial charge in [-0.1, -0.05) is 26.2 Å². The maximum absolute atomic E-state index is 12.8. The van der Waals surface area contributed by atoms with Gasteiger partial charge in [0.2, 0.25) is 0 Å². The SMILES string of the molecule is CC1CC(OCCN2CCCC2)CCC1C(=O)C1CCCCC1. The molecule has 0 aromatic carbocycles. The van der Waals surface area contributed by atoms with Crippen LogP contribution in [0.1, 0.15) is 71.1 Å². The van der Waals surface area contributed by atoms with Crippen molar-refractivity contribution in [1.29, 1.82) is 0 Å². The average molecular weight is 322 g/mol. The van der Waals surface area contributed by atoms with E-state index in [1.807, 2.05) is 0 Å². The molecule has 3 unspecified atom stereocenters. The summed E-state index contributed by atoms with van der Waals surface area (Å²) in [5.74, 6) is 1.79. The van der Waals surface area contributed by atoms with E-state index in [9.17, 15) is 4.79 Å². The van der Waals surface area contributed by atoms with Crippen LogP contribution in [0, 0.1) is 17.8 Å². The zero-order valence-electron chi connectivity index (χ0n) is 15.0. The molecule has 3 nitrogen and oxygen atoms in total. The second kappa shape index (κ2) is 8.62. The third kappa shape index (κ3) is 4.79. The highest BCUT2D eigenvalue weighted by molar-refractivity contribution is 5.83. The Balaban J connectivity index is 1.38. The molecule has 1 heterocycles. The van der Waals surface area contributed by atoms with Crippen molar-refractivity contribution in [3.05, 3.63) is 0 Å². The molecule has 3 fully saturated rings. The highest BCUT2D eigenvalue weighted by Gasteiger charge is 2.36. The van der Waals surface area contributed by atoms with Crippen LogP contribution in [-0.4, -0.2) is 43.0 Å². The fraction of sp³-hybridized carbons (Fsp3) is 0.950. The molecule has 0 spiro atoms. The lowest BCUT2D eigenvalue weighted by molar-refractivity contribution is -0.132. The van der Waals surface area contributed by atoms with Crippen LogP contribution in [0.5, 0.6) is 0 Å². The normalized spacial score (nSPS) is 33.9. The molecule has 0 amide bonds. The summed E-state index contributed by atoms with van der Waals surface area (Å²) in [6.07, 6.45) is 12.5. The molecule has 3 aliphatic rings. The Morgan fingerprint density at radius 1 is 1.00 bits per heavy atom. The Hall–Kier alpha value is -0.410. The van der Waals surface area contributed by atoms with Crippen LogP contribution in [0.2, 0.25) is 0 Å². The number of Topliss-reactive ketones (excluding diaryl/α,β-unsaturated/α-hetero) is 1. The van der Waals surface area contributed by atoms with E-state index in [4.69, 9.17) is 4.74 Å². The average Bonchev–Trinajstić information content (AvgIpc) is 3.09. The first-order valence-electron chi connectivity index (χ1n) is 10.1. The monoisotopic (exact) mass is 321 g/mol. The molecule has 1 aliphatic heterocycles. The first kappa shape index (κ1) is 17.4. The Labute approximate surface area is 142 Å². The van der Waals surface area contributed by atoms with Crippen LogP contribution in [0.15, 0.2) is 0 Å². The van der Waals surface area contributed by atoms with Crippen molar-refractivity contribution in [2.75, 3.05) is 26.2 Å². The first-order chi connectivity index (χ1) is 11.2. The summed E-state index contributed by atoms with van der Waals surface area (Å²) in [6, 6.07) is 0. The Kier molecular flexibility index (Phi) is 6.52. The predicted octanol–water partition coefficient (Wildman–Crippen LogP) is 4.05. The molecule has 3 heteroatoms. The van der Waals surface area contributed by atoms with E-state index in [1.54, 1.807) is 0 Å². The van der Waals surface area contributed by atoms with Crippen LogP contribution in [0.25, 0.3) is 0 Å². The second-order valence-corrected chi connectivity index (χ2v) is 8.18. The molecule has 1 saturated heterocycles. The summed E-state index contributed by atoms with van der Waals surface area (Å²) in [5, 5.41) is 0. The number of hydrogen-bond acceptors (Lipinski definition) is 3. The summed E-state index contributed by atoms with van der Waals surface area (Å²) in [5.41, 5.74) is 0. The largest absolute Gasteiger partial charge is 0.377 e. The minimum Gasteiger partial charge on any atom is -0.377 e. The van der Waals surface area contributed by atoms with Gasteiger partial charge in [0.05, 0.1) is 12.7 Å². The molecule has 0 N–H and O–H groups in total. The van der Waals surface area contributed by atoms with Crippen molar-refractivity contribution >= 4 is 5.78 Å². The van der Waals surface area contributed by atoms with Gasteiger partial charge >= 0.3 is 0 Å². The molecule has 0 aromatic rings. The van der Waals surface area contributed by atoms with E-state index in [0.717, 1.165) is 45.3 Å². The van der Waals surface area contributed by atoms with Crippen LogP contribution < -0.4 is 0 Å². The standard InChI is InChI=1S/C20H35NO2/c1-16-15-18(23-14-13-21-11-5-6-12-21)9-10-19(16)20(22)17-7-3-2-4-8-17/h16-19H,2-15H2,1H3. The minimum atomic E-state index is 0.316. The van der Waals surface area contributed by atoms with Gasteiger partial charge < -0.3 is 9.64 Å². The summed E-state index contributed by atoms with van der Waals surface area (Å²) >= 11 is 0. The van der Waals surface area contributed by atoms with Gasteiger partial charge in [-0.3, -0.25) is 4.79 Å². The number of nitrogens with zero attached hydrogens (tertiary/aromatic N) is 1. The first-order valence-corrected chi connectivity index (χ1v) is 10.1. The number of carbonyl (C=O) groups is 1. The number of likely N-dealkylation sites (tertiary alicyclic amines) is 1. The molecule has 2 aliphatic carbocycles. The number of hydrogen-bond donors (Lipinski definition) is 0. The van der Waals surface area contributed by atoms with Gasteiger partial charge in [-0.25, -0.2) is 0 Å². The second-order valence-electron chi connectivity index (χ2n) is 8.18. The zero-order valence-corrected chi connectivity index (χ0v) is 15.0. The molecular weight excluding hydrogens is 286 g/mol. The Bertz CT molecular complexity index is 372. The van der Waals surface area contributed by atoms with E-state index < -0.39 is 0 Å². The molecule has 3 atom stereocenters. The van der Waals surface area contributed by atoms with Gasteiger partial charge in [0.15, 0.2) is 0 Å². The Morgan fingerprint density at radius 3 is 2.43 bits per heavy atom. The van der Waals surface area contributed by atoms with Crippen molar-refractivity contribution in [3.8, 4) is 0 Å². The van der Waals surface area contributed by atoms with E-state index in [0.29, 0.717) is 29.6 Å². The van der Waals surface area contributed by atoms with Gasteiger partial charge in [0.25, 0.3) is 0 Å².